The number of benzene rings is 1. The number of hydrogen-bond donors (Lipinski definition) is 0. The second-order valence-electron chi connectivity index (χ2n) is 6.57. The Balaban J connectivity index is 1.53. The van der Waals surface area contributed by atoms with Crippen LogP contribution in [0.4, 0.5) is 0 Å². The van der Waals surface area contributed by atoms with Crippen molar-refractivity contribution in [2.75, 3.05) is 13.2 Å². The van der Waals surface area contributed by atoms with Gasteiger partial charge in [0.05, 0.1) is 25.1 Å². The molecule has 0 unspecified atom stereocenters. The van der Waals surface area contributed by atoms with Crippen molar-refractivity contribution in [3.05, 3.63) is 42.6 Å². The summed E-state index contributed by atoms with van der Waals surface area (Å²) in [7, 11) is 0. The lowest BCUT2D eigenvalue weighted by atomic mass is 10.1. The molecule has 0 bridgehead atoms. The van der Waals surface area contributed by atoms with Gasteiger partial charge in [0.25, 0.3) is 0 Å². The third kappa shape index (κ3) is 3.76. The van der Waals surface area contributed by atoms with Gasteiger partial charge in [0.2, 0.25) is 5.88 Å². The fourth-order valence-corrected chi connectivity index (χ4v) is 2.67. The lowest BCUT2D eigenvalue weighted by Gasteiger charge is -2.07. The van der Waals surface area contributed by atoms with Crippen molar-refractivity contribution in [2.45, 2.75) is 32.6 Å². The zero-order valence-electron chi connectivity index (χ0n) is 14.5. The average Bonchev–Trinajstić information content (AvgIpc) is 3.39. The Labute approximate surface area is 147 Å². The van der Waals surface area contributed by atoms with Crippen LogP contribution in [0.1, 0.15) is 32.6 Å². The highest BCUT2D eigenvalue weighted by molar-refractivity contribution is 5.63. The van der Waals surface area contributed by atoms with Gasteiger partial charge >= 0.3 is 0 Å². The van der Waals surface area contributed by atoms with Crippen LogP contribution in [0.5, 0.6) is 11.6 Å². The van der Waals surface area contributed by atoms with Gasteiger partial charge in [-0.25, -0.2) is 9.50 Å². The minimum Gasteiger partial charge on any atom is -0.493 e. The van der Waals surface area contributed by atoms with E-state index in [9.17, 15) is 0 Å². The Morgan fingerprint density at radius 1 is 1.08 bits per heavy atom. The smallest absolute Gasteiger partial charge is 0.231 e. The predicted molar refractivity (Wildman–Crippen MR) is 97.0 cm³/mol. The zero-order valence-corrected chi connectivity index (χ0v) is 14.5. The van der Waals surface area contributed by atoms with E-state index < -0.39 is 0 Å². The maximum Gasteiger partial charge on any atom is 0.231 e. The van der Waals surface area contributed by atoms with E-state index in [2.05, 4.69) is 29.1 Å². The van der Waals surface area contributed by atoms with Gasteiger partial charge in [-0.2, -0.15) is 0 Å². The summed E-state index contributed by atoms with van der Waals surface area (Å²) in [6, 6.07) is 11.9. The number of rotatable bonds is 8. The Hall–Kier alpha value is -2.56. The molecule has 130 valence electrons. The maximum absolute atomic E-state index is 5.81. The Kier molecular flexibility index (Phi) is 4.55. The molecule has 1 aliphatic rings. The molecular weight excluding hydrogens is 314 g/mol. The second kappa shape index (κ2) is 7.13. The van der Waals surface area contributed by atoms with E-state index in [1.54, 1.807) is 0 Å². The molecule has 0 amide bonds. The first-order chi connectivity index (χ1) is 12.3. The van der Waals surface area contributed by atoms with E-state index in [1.807, 2.05) is 35.0 Å². The van der Waals surface area contributed by atoms with Crippen molar-refractivity contribution in [1.82, 2.24) is 14.6 Å². The molecular formula is C20H23N3O2. The average molecular weight is 337 g/mol. The molecule has 1 fully saturated rings. The summed E-state index contributed by atoms with van der Waals surface area (Å²) in [6.07, 6.45) is 6.58. The van der Waals surface area contributed by atoms with Gasteiger partial charge in [0.1, 0.15) is 5.75 Å². The van der Waals surface area contributed by atoms with Gasteiger partial charge < -0.3 is 9.47 Å². The van der Waals surface area contributed by atoms with Crippen LogP contribution in [-0.2, 0) is 0 Å². The lowest BCUT2D eigenvalue weighted by Crippen LogP contribution is -2.02. The van der Waals surface area contributed by atoms with Crippen molar-refractivity contribution in [3.8, 4) is 22.9 Å². The van der Waals surface area contributed by atoms with E-state index in [4.69, 9.17) is 9.47 Å². The molecule has 1 saturated carbocycles. The van der Waals surface area contributed by atoms with Crippen molar-refractivity contribution >= 4 is 5.65 Å². The first kappa shape index (κ1) is 15.9. The summed E-state index contributed by atoms with van der Waals surface area (Å²) < 4.78 is 13.4. The molecule has 1 aromatic carbocycles. The van der Waals surface area contributed by atoms with Crippen molar-refractivity contribution in [3.63, 3.8) is 0 Å². The standard InChI is InChI=1S/C20H23N3O2/c1-2-3-12-24-20-11-10-19-21-13-18(23(19)22-20)16-6-8-17(9-7-16)25-14-15-4-5-15/h6-11,13,15H,2-5,12,14H2,1H3. The Morgan fingerprint density at radius 2 is 1.92 bits per heavy atom. The molecule has 0 saturated heterocycles. The van der Waals surface area contributed by atoms with Crippen molar-refractivity contribution in [1.29, 1.82) is 0 Å². The number of imidazole rings is 1. The minimum absolute atomic E-state index is 0.629. The van der Waals surface area contributed by atoms with Gasteiger partial charge in [-0.05, 0) is 55.5 Å². The molecule has 25 heavy (non-hydrogen) atoms. The summed E-state index contributed by atoms with van der Waals surface area (Å²) in [5.41, 5.74) is 2.82. The van der Waals surface area contributed by atoms with Crippen LogP contribution in [-0.4, -0.2) is 27.8 Å². The quantitative estimate of drug-likeness (QED) is 0.573. The fourth-order valence-electron chi connectivity index (χ4n) is 2.67. The van der Waals surface area contributed by atoms with Gasteiger partial charge in [-0.1, -0.05) is 13.3 Å². The highest BCUT2D eigenvalue weighted by Crippen LogP contribution is 2.30. The van der Waals surface area contributed by atoms with E-state index >= 15 is 0 Å². The topological polar surface area (TPSA) is 48.7 Å². The second-order valence-corrected chi connectivity index (χ2v) is 6.57. The highest BCUT2D eigenvalue weighted by Gasteiger charge is 2.21. The number of nitrogens with zero attached hydrogens (tertiary/aromatic N) is 3. The van der Waals surface area contributed by atoms with Gasteiger partial charge in [-0.3, -0.25) is 0 Å². The molecule has 2 heterocycles. The van der Waals surface area contributed by atoms with Crippen LogP contribution in [0, 0.1) is 5.92 Å². The summed E-state index contributed by atoms with van der Waals surface area (Å²) >= 11 is 0. The number of unbranched alkanes of at least 4 members (excludes halogenated alkanes) is 1. The van der Waals surface area contributed by atoms with Crippen LogP contribution < -0.4 is 9.47 Å². The molecule has 0 atom stereocenters. The molecule has 0 aliphatic heterocycles. The summed E-state index contributed by atoms with van der Waals surface area (Å²) in [5, 5.41) is 4.57. The third-order valence-electron chi connectivity index (χ3n) is 4.42. The number of fused-ring (bicyclic) bond motifs is 1. The largest absolute Gasteiger partial charge is 0.493 e. The van der Waals surface area contributed by atoms with Crippen LogP contribution in [0.15, 0.2) is 42.6 Å². The highest BCUT2D eigenvalue weighted by atomic mass is 16.5. The predicted octanol–water partition coefficient (Wildman–Crippen LogP) is 4.36. The maximum atomic E-state index is 5.81. The molecule has 0 N–H and O–H groups in total. The van der Waals surface area contributed by atoms with Crippen molar-refractivity contribution in [2.24, 2.45) is 5.92 Å². The number of hydrogen-bond acceptors (Lipinski definition) is 4. The fraction of sp³-hybridized carbons (Fsp3) is 0.400. The lowest BCUT2D eigenvalue weighted by molar-refractivity contribution is 0.293. The van der Waals surface area contributed by atoms with Gasteiger partial charge in [0.15, 0.2) is 5.65 Å². The van der Waals surface area contributed by atoms with Gasteiger partial charge in [-0.15, -0.1) is 5.10 Å². The zero-order chi connectivity index (χ0) is 17.1. The van der Waals surface area contributed by atoms with Crippen LogP contribution in [0.2, 0.25) is 0 Å². The van der Waals surface area contributed by atoms with Crippen LogP contribution >= 0.6 is 0 Å². The third-order valence-corrected chi connectivity index (χ3v) is 4.42. The number of ether oxygens (including phenoxy) is 2. The van der Waals surface area contributed by atoms with E-state index in [1.165, 1.54) is 12.8 Å². The molecule has 2 aromatic heterocycles. The summed E-state index contributed by atoms with van der Waals surface area (Å²) in [6.45, 7) is 3.66. The van der Waals surface area contributed by atoms with Crippen molar-refractivity contribution < 1.29 is 9.47 Å². The Morgan fingerprint density at radius 3 is 2.68 bits per heavy atom. The minimum atomic E-state index is 0.629. The summed E-state index contributed by atoms with van der Waals surface area (Å²) in [4.78, 5) is 4.44. The molecule has 0 radical (unpaired) electrons. The number of aromatic nitrogens is 3. The molecule has 5 heteroatoms. The van der Waals surface area contributed by atoms with Crippen LogP contribution in [0.25, 0.3) is 16.9 Å². The van der Waals surface area contributed by atoms with E-state index in [0.717, 1.165) is 48.0 Å². The van der Waals surface area contributed by atoms with E-state index in [0.29, 0.717) is 12.5 Å². The molecule has 3 aromatic rings. The van der Waals surface area contributed by atoms with Gasteiger partial charge in [0, 0.05) is 11.6 Å². The summed E-state index contributed by atoms with van der Waals surface area (Å²) in [5.74, 6) is 2.30. The monoisotopic (exact) mass is 337 g/mol. The molecule has 4 rings (SSSR count). The van der Waals surface area contributed by atoms with E-state index in [-0.39, 0.29) is 0 Å². The molecule has 1 aliphatic carbocycles. The normalized spacial score (nSPS) is 14.0. The first-order valence-corrected chi connectivity index (χ1v) is 9.04. The molecule has 5 nitrogen and oxygen atoms in total. The van der Waals surface area contributed by atoms with Crippen LogP contribution in [0.3, 0.4) is 0 Å². The molecule has 0 spiro atoms. The SMILES string of the molecule is CCCCOc1ccc2ncc(-c3ccc(OCC4CC4)cc3)n2n1. The Bertz CT molecular complexity index is 838. The first-order valence-electron chi connectivity index (χ1n) is 9.04.